The molecule has 0 radical (unpaired) electrons. The minimum Gasteiger partial charge on any atom is -0.468 e. The van der Waals surface area contributed by atoms with E-state index in [1.54, 1.807) is 6.92 Å². The number of rotatable bonds is 3. The van der Waals surface area contributed by atoms with Crippen molar-refractivity contribution in [2.75, 3.05) is 12.9 Å². The summed E-state index contributed by atoms with van der Waals surface area (Å²) in [6.07, 6.45) is 1.61. The van der Waals surface area contributed by atoms with E-state index in [9.17, 15) is 13.2 Å². The molecular weight excluding hydrogens is 192 g/mol. The normalized spacial score (nSPS) is 20.5. The third-order valence-electron chi connectivity index (χ3n) is 2.69. The topological polar surface area (TPSA) is 60.4 Å². The molecule has 1 aliphatic rings. The lowest BCUT2D eigenvalue weighted by atomic mass is 9.84. The SMILES string of the molecule is CCS(=O)(=O)C1(C(=O)OC)CCC1. The van der Waals surface area contributed by atoms with Gasteiger partial charge < -0.3 is 4.74 Å². The Hall–Kier alpha value is -0.580. The lowest BCUT2D eigenvalue weighted by molar-refractivity contribution is -0.146. The molecule has 5 heteroatoms. The predicted octanol–water partition coefficient (Wildman–Crippen LogP) is 0.517. The molecule has 1 fully saturated rings. The minimum atomic E-state index is -3.31. The van der Waals surface area contributed by atoms with Gasteiger partial charge in [0, 0.05) is 5.75 Å². The Morgan fingerprint density at radius 2 is 2.00 bits per heavy atom. The summed E-state index contributed by atoms with van der Waals surface area (Å²) >= 11 is 0. The van der Waals surface area contributed by atoms with E-state index in [-0.39, 0.29) is 5.75 Å². The molecule has 0 aromatic carbocycles. The highest BCUT2D eigenvalue weighted by atomic mass is 32.2. The molecule has 0 heterocycles. The Bertz CT molecular complexity index is 300. The average molecular weight is 206 g/mol. The van der Waals surface area contributed by atoms with Crippen molar-refractivity contribution in [2.45, 2.75) is 30.9 Å². The van der Waals surface area contributed by atoms with Crippen LogP contribution < -0.4 is 0 Å². The standard InChI is InChI=1S/C8H14O4S/c1-3-13(10,11)8(5-4-6-8)7(9)12-2/h3-6H2,1-2H3. The number of hydrogen-bond acceptors (Lipinski definition) is 4. The first-order valence-electron chi connectivity index (χ1n) is 4.31. The van der Waals surface area contributed by atoms with Gasteiger partial charge in [-0.3, -0.25) is 4.79 Å². The third-order valence-corrected chi connectivity index (χ3v) is 5.22. The van der Waals surface area contributed by atoms with Gasteiger partial charge in [-0.1, -0.05) is 6.92 Å². The molecule has 0 amide bonds. The van der Waals surface area contributed by atoms with Crippen LogP contribution in [0.4, 0.5) is 0 Å². The first kappa shape index (κ1) is 10.5. The predicted molar refractivity (Wildman–Crippen MR) is 48.1 cm³/mol. The van der Waals surface area contributed by atoms with Crippen molar-refractivity contribution in [1.29, 1.82) is 0 Å². The maximum Gasteiger partial charge on any atom is 0.327 e. The highest BCUT2D eigenvalue weighted by Gasteiger charge is 2.55. The van der Waals surface area contributed by atoms with Gasteiger partial charge in [0.05, 0.1) is 7.11 Å². The summed E-state index contributed by atoms with van der Waals surface area (Å²) in [5, 5.41) is 0. The molecule has 0 aromatic heterocycles. The summed E-state index contributed by atoms with van der Waals surface area (Å²) < 4.78 is 26.5. The van der Waals surface area contributed by atoms with Crippen LogP contribution in [0.3, 0.4) is 0 Å². The molecule has 4 nitrogen and oxygen atoms in total. The van der Waals surface area contributed by atoms with Gasteiger partial charge in [0.15, 0.2) is 14.6 Å². The largest absolute Gasteiger partial charge is 0.468 e. The molecule has 0 saturated heterocycles. The Balaban J connectivity index is 3.02. The van der Waals surface area contributed by atoms with Crippen molar-refractivity contribution in [1.82, 2.24) is 0 Å². The van der Waals surface area contributed by atoms with Crippen LogP contribution in [-0.2, 0) is 19.4 Å². The van der Waals surface area contributed by atoms with E-state index in [0.717, 1.165) is 6.42 Å². The molecule has 1 aliphatic carbocycles. The van der Waals surface area contributed by atoms with Gasteiger partial charge in [-0.2, -0.15) is 0 Å². The lowest BCUT2D eigenvalue weighted by Crippen LogP contribution is -2.53. The molecule has 0 aromatic rings. The number of methoxy groups -OCH3 is 1. The summed E-state index contributed by atoms with van der Waals surface area (Å²) in [6.45, 7) is 1.55. The Morgan fingerprint density at radius 3 is 2.23 bits per heavy atom. The first-order chi connectivity index (χ1) is 6.00. The molecule has 1 saturated carbocycles. The molecule has 0 aliphatic heterocycles. The number of sulfone groups is 1. The highest BCUT2D eigenvalue weighted by Crippen LogP contribution is 2.40. The number of hydrogen-bond donors (Lipinski definition) is 0. The second-order valence-electron chi connectivity index (χ2n) is 3.24. The smallest absolute Gasteiger partial charge is 0.327 e. The molecular formula is C8H14O4S. The highest BCUT2D eigenvalue weighted by molar-refractivity contribution is 7.93. The van der Waals surface area contributed by atoms with E-state index >= 15 is 0 Å². The summed E-state index contributed by atoms with van der Waals surface area (Å²) in [5.41, 5.74) is 0. The van der Waals surface area contributed by atoms with Crippen LogP contribution in [0.15, 0.2) is 0 Å². The van der Waals surface area contributed by atoms with Crippen LogP contribution in [0, 0.1) is 0 Å². The van der Waals surface area contributed by atoms with Crippen LogP contribution in [0.25, 0.3) is 0 Å². The lowest BCUT2D eigenvalue weighted by Gasteiger charge is -2.37. The van der Waals surface area contributed by atoms with E-state index in [1.807, 2.05) is 0 Å². The first-order valence-corrected chi connectivity index (χ1v) is 5.96. The molecule has 1 rings (SSSR count). The summed E-state index contributed by atoms with van der Waals surface area (Å²) in [6, 6.07) is 0. The quantitative estimate of drug-likeness (QED) is 0.631. The zero-order chi connectivity index (χ0) is 10.1. The van der Waals surface area contributed by atoms with E-state index in [0.29, 0.717) is 12.8 Å². The van der Waals surface area contributed by atoms with Crippen LogP contribution in [0.2, 0.25) is 0 Å². The van der Waals surface area contributed by atoms with Crippen molar-refractivity contribution in [3.8, 4) is 0 Å². The summed E-state index contributed by atoms with van der Waals surface area (Å²) in [4.78, 5) is 11.3. The number of esters is 1. The fraction of sp³-hybridized carbons (Fsp3) is 0.875. The second kappa shape index (κ2) is 3.29. The van der Waals surface area contributed by atoms with Crippen molar-refractivity contribution < 1.29 is 17.9 Å². The Morgan fingerprint density at radius 1 is 1.46 bits per heavy atom. The average Bonchev–Trinajstić information content (AvgIpc) is 2.01. The maximum absolute atomic E-state index is 11.6. The molecule has 0 N–H and O–H groups in total. The minimum absolute atomic E-state index is 0.00208. The molecule has 0 unspecified atom stereocenters. The fourth-order valence-corrected chi connectivity index (χ4v) is 3.40. The van der Waals surface area contributed by atoms with Crippen LogP contribution in [0.5, 0.6) is 0 Å². The molecule has 76 valence electrons. The van der Waals surface area contributed by atoms with Gasteiger partial charge >= 0.3 is 5.97 Å². The van der Waals surface area contributed by atoms with Crippen molar-refractivity contribution in [3.05, 3.63) is 0 Å². The van der Waals surface area contributed by atoms with Gasteiger partial charge in [-0.25, -0.2) is 8.42 Å². The van der Waals surface area contributed by atoms with Gasteiger partial charge in [0.2, 0.25) is 0 Å². The van der Waals surface area contributed by atoms with Crippen LogP contribution >= 0.6 is 0 Å². The molecule has 13 heavy (non-hydrogen) atoms. The monoisotopic (exact) mass is 206 g/mol. The van der Waals surface area contributed by atoms with Crippen molar-refractivity contribution >= 4 is 15.8 Å². The summed E-state index contributed by atoms with van der Waals surface area (Å²) in [7, 11) is -2.08. The van der Waals surface area contributed by atoms with Crippen molar-refractivity contribution in [3.63, 3.8) is 0 Å². The van der Waals surface area contributed by atoms with E-state index in [4.69, 9.17) is 0 Å². The zero-order valence-corrected chi connectivity index (χ0v) is 8.69. The van der Waals surface area contributed by atoms with E-state index < -0.39 is 20.6 Å². The van der Waals surface area contributed by atoms with Crippen LogP contribution in [0.1, 0.15) is 26.2 Å². The second-order valence-corrected chi connectivity index (χ2v) is 5.83. The number of carbonyl (C=O) groups excluding carboxylic acids is 1. The third kappa shape index (κ3) is 1.35. The van der Waals surface area contributed by atoms with E-state index in [2.05, 4.69) is 4.74 Å². The fourth-order valence-electron chi connectivity index (χ4n) is 1.60. The molecule has 0 atom stereocenters. The zero-order valence-electron chi connectivity index (χ0n) is 7.87. The van der Waals surface area contributed by atoms with Crippen LogP contribution in [-0.4, -0.2) is 32.0 Å². The van der Waals surface area contributed by atoms with Gasteiger partial charge in [0.25, 0.3) is 0 Å². The molecule has 0 spiro atoms. The van der Waals surface area contributed by atoms with Gasteiger partial charge in [0.1, 0.15) is 0 Å². The van der Waals surface area contributed by atoms with Crippen molar-refractivity contribution in [2.24, 2.45) is 0 Å². The summed E-state index contributed by atoms with van der Waals surface area (Å²) in [5.74, 6) is -0.595. The maximum atomic E-state index is 11.6. The van der Waals surface area contributed by atoms with Gasteiger partial charge in [-0.15, -0.1) is 0 Å². The number of carbonyl (C=O) groups is 1. The number of ether oxygens (including phenoxy) is 1. The Labute approximate surface area is 78.2 Å². The molecule has 0 bridgehead atoms. The Kier molecular flexibility index (Phi) is 2.66. The van der Waals surface area contributed by atoms with E-state index in [1.165, 1.54) is 7.11 Å². The van der Waals surface area contributed by atoms with Gasteiger partial charge in [-0.05, 0) is 19.3 Å².